The van der Waals surface area contributed by atoms with Gasteiger partial charge in [0.25, 0.3) is 0 Å². The summed E-state index contributed by atoms with van der Waals surface area (Å²) in [6.07, 6.45) is 0.695. The monoisotopic (exact) mass is 297 g/mol. The molecule has 0 aliphatic carbocycles. The first-order valence-electron chi connectivity index (χ1n) is 7.16. The highest BCUT2D eigenvalue weighted by atomic mass is 32.2. The lowest BCUT2D eigenvalue weighted by molar-refractivity contribution is 0.568. The molecule has 0 bridgehead atoms. The second kappa shape index (κ2) is 6.72. The second-order valence-electron chi connectivity index (χ2n) is 6.22. The van der Waals surface area contributed by atoms with Gasteiger partial charge in [-0.3, -0.25) is 0 Å². The Bertz CT molecular complexity index is 539. The van der Waals surface area contributed by atoms with Crippen LogP contribution in [0.25, 0.3) is 0 Å². The average Bonchev–Trinajstić information content (AvgIpc) is 2.24. The van der Waals surface area contributed by atoms with Gasteiger partial charge >= 0.3 is 0 Å². The maximum absolute atomic E-state index is 12.1. The van der Waals surface area contributed by atoms with Crippen LogP contribution in [0.5, 0.6) is 0 Å². The lowest BCUT2D eigenvalue weighted by Crippen LogP contribution is -2.25. The zero-order valence-electron chi connectivity index (χ0n) is 13.2. The molecule has 0 aromatic heterocycles. The van der Waals surface area contributed by atoms with Crippen molar-refractivity contribution in [3.05, 3.63) is 34.4 Å². The molecule has 2 N–H and O–H groups in total. The van der Waals surface area contributed by atoms with Crippen molar-refractivity contribution in [3.63, 3.8) is 0 Å². The first-order valence-corrected chi connectivity index (χ1v) is 8.98. The van der Waals surface area contributed by atoms with Crippen LogP contribution in [-0.2, 0) is 9.84 Å². The van der Waals surface area contributed by atoms with Crippen LogP contribution in [0.2, 0.25) is 0 Å². The lowest BCUT2D eigenvalue weighted by Gasteiger charge is -2.19. The largest absolute Gasteiger partial charge is 0.323 e. The highest BCUT2D eigenvalue weighted by Gasteiger charge is 2.20. The molecule has 4 heteroatoms. The quantitative estimate of drug-likeness (QED) is 0.878. The van der Waals surface area contributed by atoms with Crippen molar-refractivity contribution in [3.8, 4) is 0 Å². The number of aryl methyl sites for hydroxylation is 3. The van der Waals surface area contributed by atoms with Gasteiger partial charge in [0.2, 0.25) is 0 Å². The minimum atomic E-state index is -3.09. The maximum Gasteiger partial charge on any atom is 0.152 e. The third kappa shape index (κ3) is 4.91. The van der Waals surface area contributed by atoms with E-state index < -0.39 is 15.9 Å². The summed E-state index contributed by atoms with van der Waals surface area (Å²) in [5, 5.41) is 0. The first-order chi connectivity index (χ1) is 9.12. The molecule has 0 radical (unpaired) electrons. The molecular weight excluding hydrogens is 270 g/mol. The molecule has 114 valence electrons. The van der Waals surface area contributed by atoms with Crippen molar-refractivity contribution < 1.29 is 8.42 Å². The Morgan fingerprint density at radius 1 is 1.10 bits per heavy atom. The van der Waals surface area contributed by atoms with Gasteiger partial charge in [0.15, 0.2) is 9.84 Å². The molecule has 0 amide bonds. The summed E-state index contributed by atoms with van der Waals surface area (Å²) in [5.41, 5.74) is 10.5. The van der Waals surface area contributed by atoms with Crippen molar-refractivity contribution >= 4 is 9.84 Å². The molecule has 1 aromatic carbocycles. The van der Waals surface area contributed by atoms with Crippen molar-refractivity contribution in [2.75, 3.05) is 11.5 Å². The van der Waals surface area contributed by atoms with E-state index in [2.05, 4.69) is 12.1 Å². The number of rotatable bonds is 6. The standard InChI is InChI=1S/C16H27NO2S/c1-11(2)6-7-20(18,19)10-15(17)16-13(4)8-12(3)9-14(16)5/h8-9,11,15H,6-7,10,17H2,1-5H3. The molecule has 0 aliphatic rings. The lowest BCUT2D eigenvalue weighted by atomic mass is 9.95. The minimum Gasteiger partial charge on any atom is -0.323 e. The Kier molecular flexibility index (Phi) is 5.78. The van der Waals surface area contributed by atoms with Crippen LogP contribution < -0.4 is 5.73 Å². The van der Waals surface area contributed by atoms with Crippen molar-refractivity contribution in [2.45, 2.75) is 47.1 Å². The molecule has 0 aliphatic heterocycles. The van der Waals surface area contributed by atoms with E-state index in [1.54, 1.807) is 0 Å². The molecule has 1 rings (SSSR count). The summed E-state index contributed by atoms with van der Waals surface area (Å²) in [5.74, 6) is 0.649. The fraction of sp³-hybridized carbons (Fsp3) is 0.625. The number of nitrogens with two attached hydrogens (primary N) is 1. The van der Waals surface area contributed by atoms with E-state index in [0.717, 1.165) is 16.7 Å². The SMILES string of the molecule is Cc1cc(C)c(C(N)CS(=O)(=O)CCC(C)C)c(C)c1. The summed E-state index contributed by atoms with van der Waals surface area (Å²) in [4.78, 5) is 0. The van der Waals surface area contributed by atoms with Crippen LogP contribution in [0.1, 0.15) is 48.6 Å². The highest BCUT2D eigenvalue weighted by molar-refractivity contribution is 7.91. The molecular formula is C16H27NO2S. The van der Waals surface area contributed by atoms with E-state index in [1.165, 1.54) is 5.56 Å². The van der Waals surface area contributed by atoms with E-state index in [9.17, 15) is 8.42 Å². The van der Waals surface area contributed by atoms with Gasteiger partial charge in [0, 0.05) is 6.04 Å². The van der Waals surface area contributed by atoms with Crippen molar-refractivity contribution in [1.29, 1.82) is 0 Å². The molecule has 0 saturated heterocycles. The molecule has 1 unspecified atom stereocenters. The van der Waals surface area contributed by atoms with Gasteiger partial charge < -0.3 is 5.73 Å². The molecule has 3 nitrogen and oxygen atoms in total. The molecule has 20 heavy (non-hydrogen) atoms. The third-order valence-corrected chi connectivity index (χ3v) is 5.27. The van der Waals surface area contributed by atoms with Crippen LogP contribution in [-0.4, -0.2) is 19.9 Å². The van der Waals surface area contributed by atoms with Crippen LogP contribution in [0.3, 0.4) is 0 Å². The summed E-state index contributed by atoms with van der Waals surface area (Å²) >= 11 is 0. The first kappa shape index (κ1) is 17.2. The van der Waals surface area contributed by atoms with Crippen LogP contribution in [0.15, 0.2) is 12.1 Å². The summed E-state index contributed by atoms with van der Waals surface area (Å²) in [6, 6.07) is 3.68. The second-order valence-corrected chi connectivity index (χ2v) is 8.44. The van der Waals surface area contributed by atoms with Crippen LogP contribution >= 0.6 is 0 Å². The highest BCUT2D eigenvalue weighted by Crippen LogP contribution is 2.23. The number of benzene rings is 1. The van der Waals surface area contributed by atoms with E-state index in [1.807, 2.05) is 34.6 Å². The summed E-state index contributed by atoms with van der Waals surface area (Å²) < 4.78 is 24.3. The molecule has 1 atom stereocenters. The molecule has 0 spiro atoms. The average molecular weight is 297 g/mol. The maximum atomic E-state index is 12.1. The Morgan fingerprint density at radius 3 is 2.05 bits per heavy atom. The predicted molar refractivity (Wildman–Crippen MR) is 85.7 cm³/mol. The van der Waals surface area contributed by atoms with Gasteiger partial charge in [-0.25, -0.2) is 8.42 Å². The predicted octanol–water partition coefficient (Wildman–Crippen LogP) is 3.07. The van der Waals surface area contributed by atoms with Gasteiger partial charge in [-0.2, -0.15) is 0 Å². The number of hydrogen-bond acceptors (Lipinski definition) is 3. The fourth-order valence-corrected chi connectivity index (χ4v) is 4.34. The molecule has 0 heterocycles. The Morgan fingerprint density at radius 2 is 1.60 bits per heavy atom. The number of hydrogen-bond donors (Lipinski definition) is 1. The van der Waals surface area contributed by atoms with Crippen LogP contribution in [0.4, 0.5) is 0 Å². The van der Waals surface area contributed by atoms with Crippen molar-refractivity contribution in [2.24, 2.45) is 11.7 Å². The van der Waals surface area contributed by atoms with Crippen molar-refractivity contribution in [1.82, 2.24) is 0 Å². The van der Waals surface area contributed by atoms with Gasteiger partial charge in [0.1, 0.15) is 0 Å². The van der Waals surface area contributed by atoms with Crippen LogP contribution in [0, 0.1) is 26.7 Å². The smallest absolute Gasteiger partial charge is 0.152 e. The van der Waals surface area contributed by atoms with Gasteiger partial charge in [-0.15, -0.1) is 0 Å². The third-order valence-electron chi connectivity index (χ3n) is 3.55. The molecule has 0 saturated carbocycles. The zero-order valence-corrected chi connectivity index (χ0v) is 14.0. The normalized spacial score (nSPS) is 13.8. The Hall–Kier alpha value is -0.870. The van der Waals surface area contributed by atoms with Gasteiger partial charge in [-0.1, -0.05) is 31.5 Å². The molecule has 0 fully saturated rings. The topological polar surface area (TPSA) is 60.2 Å². The van der Waals surface area contributed by atoms with Gasteiger partial charge in [-0.05, 0) is 49.8 Å². The van der Waals surface area contributed by atoms with E-state index >= 15 is 0 Å². The molecule has 1 aromatic rings. The minimum absolute atomic E-state index is 0.0322. The fourth-order valence-electron chi connectivity index (χ4n) is 2.63. The summed E-state index contributed by atoms with van der Waals surface area (Å²) in [6.45, 7) is 10.1. The summed E-state index contributed by atoms with van der Waals surface area (Å²) in [7, 11) is -3.09. The number of sulfone groups is 1. The van der Waals surface area contributed by atoms with E-state index in [4.69, 9.17) is 5.73 Å². The Labute approximate surface area is 123 Å². The van der Waals surface area contributed by atoms with Gasteiger partial charge in [0.05, 0.1) is 11.5 Å². The van der Waals surface area contributed by atoms with E-state index in [0.29, 0.717) is 12.3 Å². The zero-order chi connectivity index (χ0) is 15.5. The Balaban J connectivity index is 2.89. The van der Waals surface area contributed by atoms with E-state index in [-0.39, 0.29) is 11.5 Å².